The van der Waals surface area contributed by atoms with Crippen molar-refractivity contribution in [3.8, 4) is 0 Å². The zero-order chi connectivity index (χ0) is 14.4. The number of aliphatic carboxylic acids is 1. The smallest absolute Gasteiger partial charge is 0.350 e. The van der Waals surface area contributed by atoms with Gasteiger partial charge in [0.15, 0.2) is 5.57 Å². The Morgan fingerprint density at radius 1 is 1.32 bits per heavy atom. The molecule has 0 amide bonds. The number of allylic oxidation sites excluding steroid dienone is 1. The Kier molecular flexibility index (Phi) is 3.00. The van der Waals surface area contributed by atoms with E-state index in [-0.39, 0.29) is 5.57 Å². The number of rotatable bonds is 1. The van der Waals surface area contributed by atoms with Gasteiger partial charge in [0, 0.05) is 26.6 Å². The number of carboxylic acid groups (broad SMARTS) is 1. The molecule has 2 saturated heterocycles. The van der Waals surface area contributed by atoms with Crippen molar-refractivity contribution in [3.05, 3.63) is 11.3 Å². The summed E-state index contributed by atoms with van der Waals surface area (Å²) in [6.07, 6.45) is 0.669. The molecule has 0 aromatic rings. The molecule has 2 aliphatic rings. The third kappa shape index (κ3) is 2.27. The Morgan fingerprint density at radius 2 is 1.84 bits per heavy atom. The second-order valence-corrected chi connectivity index (χ2v) is 5.00. The van der Waals surface area contributed by atoms with Crippen molar-refractivity contribution in [2.45, 2.75) is 38.5 Å². The van der Waals surface area contributed by atoms with E-state index in [9.17, 15) is 14.4 Å². The first-order valence-electron chi connectivity index (χ1n) is 5.88. The van der Waals surface area contributed by atoms with Crippen LogP contribution in [0.3, 0.4) is 0 Å². The van der Waals surface area contributed by atoms with Crippen LogP contribution >= 0.6 is 0 Å². The molecule has 0 bridgehead atoms. The fourth-order valence-corrected chi connectivity index (χ4v) is 2.31. The lowest BCUT2D eigenvalue weighted by molar-refractivity contribution is -0.222. The number of hydrogen-bond acceptors (Lipinski definition) is 6. The summed E-state index contributed by atoms with van der Waals surface area (Å²) in [5.74, 6) is -3.82. The van der Waals surface area contributed by atoms with Crippen LogP contribution in [0.15, 0.2) is 11.3 Å². The van der Waals surface area contributed by atoms with Gasteiger partial charge >= 0.3 is 17.9 Å². The molecule has 0 aliphatic carbocycles. The molecule has 0 spiro atoms. The maximum absolute atomic E-state index is 11.9. The minimum Gasteiger partial charge on any atom is -0.480 e. The van der Waals surface area contributed by atoms with Crippen LogP contribution in [0.1, 0.15) is 26.7 Å². The topological polar surface area (TPSA) is 93.1 Å². The number of cyclic esters (lactones) is 2. The second-order valence-electron chi connectivity index (χ2n) is 5.00. The monoisotopic (exact) mass is 269 g/mol. The zero-order valence-corrected chi connectivity index (χ0v) is 10.9. The van der Waals surface area contributed by atoms with E-state index in [0.717, 1.165) is 0 Å². The Bertz CT molecular complexity index is 470. The largest absolute Gasteiger partial charge is 0.480 e. The third-order valence-electron chi connectivity index (χ3n) is 3.21. The standard InChI is InChI=1S/C12H15NO6/c1-12(2)18-10(16)8(11(17)19-12)6-4-5-7(9(14)15)13(6)3/h7H,4-5H2,1-3H3,(H,14,15). The molecule has 7 heteroatoms. The lowest BCUT2D eigenvalue weighted by Crippen LogP contribution is -2.43. The molecule has 0 aromatic heterocycles. The van der Waals surface area contributed by atoms with Gasteiger partial charge in [0.25, 0.3) is 5.79 Å². The molecule has 104 valence electrons. The fraction of sp³-hybridized carbons (Fsp3) is 0.583. The van der Waals surface area contributed by atoms with Crippen LogP contribution in [0, 0.1) is 0 Å². The number of likely N-dealkylation sites (N-methyl/N-ethyl adjacent to an activating group) is 1. The Hall–Kier alpha value is -2.05. The number of likely N-dealkylation sites (tertiary alicyclic amines) is 1. The van der Waals surface area contributed by atoms with E-state index in [4.69, 9.17) is 14.6 Å². The Balaban J connectivity index is 2.36. The average molecular weight is 269 g/mol. The maximum Gasteiger partial charge on any atom is 0.350 e. The molecular formula is C12H15NO6. The van der Waals surface area contributed by atoms with Gasteiger partial charge in [0.2, 0.25) is 0 Å². The SMILES string of the molecule is CN1C(=C2C(=O)OC(C)(C)OC2=O)CCC1C(=O)O. The van der Waals surface area contributed by atoms with Gasteiger partial charge in [-0.2, -0.15) is 0 Å². The minimum absolute atomic E-state index is 0.203. The van der Waals surface area contributed by atoms with Crippen molar-refractivity contribution in [3.63, 3.8) is 0 Å². The van der Waals surface area contributed by atoms with E-state index in [0.29, 0.717) is 18.5 Å². The van der Waals surface area contributed by atoms with Gasteiger partial charge in [-0.15, -0.1) is 0 Å². The maximum atomic E-state index is 11.9. The van der Waals surface area contributed by atoms with Crippen LogP contribution in [0.2, 0.25) is 0 Å². The molecule has 7 nitrogen and oxygen atoms in total. The van der Waals surface area contributed by atoms with Gasteiger partial charge < -0.3 is 19.5 Å². The highest BCUT2D eigenvalue weighted by Gasteiger charge is 2.44. The minimum atomic E-state index is -1.29. The molecule has 0 radical (unpaired) electrons. The third-order valence-corrected chi connectivity index (χ3v) is 3.21. The molecule has 1 unspecified atom stereocenters. The number of carbonyl (C=O) groups is 3. The molecule has 1 atom stereocenters. The van der Waals surface area contributed by atoms with Crippen LogP contribution in [0.25, 0.3) is 0 Å². The van der Waals surface area contributed by atoms with E-state index >= 15 is 0 Å². The zero-order valence-electron chi connectivity index (χ0n) is 10.9. The molecule has 2 aliphatic heterocycles. The van der Waals surface area contributed by atoms with E-state index in [1.807, 2.05) is 0 Å². The van der Waals surface area contributed by atoms with Crippen molar-refractivity contribution in [2.75, 3.05) is 7.05 Å². The van der Waals surface area contributed by atoms with Crippen molar-refractivity contribution < 1.29 is 29.0 Å². The molecular weight excluding hydrogens is 254 g/mol. The fourth-order valence-electron chi connectivity index (χ4n) is 2.31. The first kappa shape index (κ1) is 13.4. The average Bonchev–Trinajstić information content (AvgIpc) is 2.58. The molecule has 2 fully saturated rings. The van der Waals surface area contributed by atoms with Crippen molar-refractivity contribution in [1.82, 2.24) is 4.90 Å². The molecule has 0 aromatic carbocycles. The predicted octanol–water partition coefficient (Wildman–Crippen LogP) is 0.255. The number of esters is 2. The van der Waals surface area contributed by atoms with Gasteiger partial charge in [-0.25, -0.2) is 14.4 Å². The highest BCUT2D eigenvalue weighted by molar-refractivity contribution is 6.16. The number of hydrogen-bond donors (Lipinski definition) is 1. The molecule has 19 heavy (non-hydrogen) atoms. The Labute approximate surface area is 109 Å². The number of ether oxygens (including phenoxy) is 2. The lowest BCUT2D eigenvalue weighted by atomic mass is 10.1. The lowest BCUT2D eigenvalue weighted by Gasteiger charge is -2.31. The van der Waals surface area contributed by atoms with Gasteiger partial charge in [-0.1, -0.05) is 0 Å². The van der Waals surface area contributed by atoms with Crippen molar-refractivity contribution in [1.29, 1.82) is 0 Å². The van der Waals surface area contributed by atoms with Crippen LogP contribution < -0.4 is 0 Å². The summed E-state index contributed by atoms with van der Waals surface area (Å²) in [6, 6.07) is -0.738. The van der Waals surface area contributed by atoms with E-state index in [2.05, 4.69) is 0 Å². The number of nitrogens with zero attached hydrogens (tertiary/aromatic N) is 1. The van der Waals surface area contributed by atoms with Gasteiger partial charge in [0.05, 0.1) is 0 Å². The highest BCUT2D eigenvalue weighted by atomic mass is 16.7. The van der Waals surface area contributed by atoms with Gasteiger partial charge in [-0.05, 0) is 12.8 Å². The van der Waals surface area contributed by atoms with Gasteiger partial charge in [-0.3, -0.25) is 0 Å². The number of carboxylic acids is 1. The molecule has 2 rings (SSSR count). The van der Waals surface area contributed by atoms with Crippen LogP contribution in [0.5, 0.6) is 0 Å². The van der Waals surface area contributed by atoms with E-state index < -0.39 is 29.7 Å². The van der Waals surface area contributed by atoms with Gasteiger partial charge in [0.1, 0.15) is 6.04 Å². The summed E-state index contributed by atoms with van der Waals surface area (Å²) >= 11 is 0. The summed E-state index contributed by atoms with van der Waals surface area (Å²) in [6.45, 7) is 2.92. The molecule has 0 saturated carbocycles. The number of carbonyl (C=O) groups excluding carboxylic acids is 2. The first-order valence-corrected chi connectivity index (χ1v) is 5.88. The highest BCUT2D eigenvalue weighted by Crippen LogP contribution is 2.32. The summed E-state index contributed by atoms with van der Waals surface area (Å²) in [5.41, 5.74) is 0.156. The van der Waals surface area contributed by atoms with Crippen molar-refractivity contribution >= 4 is 17.9 Å². The van der Waals surface area contributed by atoms with E-state index in [1.165, 1.54) is 25.8 Å². The van der Waals surface area contributed by atoms with Crippen LogP contribution in [-0.2, 0) is 23.9 Å². The van der Waals surface area contributed by atoms with Crippen molar-refractivity contribution in [2.24, 2.45) is 0 Å². The van der Waals surface area contributed by atoms with E-state index in [1.54, 1.807) is 0 Å². The summed E-state index contributed by atoms with van der Waals surface area (Å²) < 4.78 is 10.00. The first-order chi connectivity index (χ1) is 8.73. The van der Waals surface area contributed by atoms with Crippen LogP contribution in [-0.4, -0.2) is 46.8 Å². The quantitative estimate of drug-likeness (QED) is 0.414. The Morgan fingerprint density at radius 3 is 2.26 bits per heavy atom. The predicted molar refractivity (Wildman–Crippen MR) is 61.7 cm³/mol. The second kappa shape index (κ2) is 4.25. The summed E-state index contributed by atoms with van der Waals surface area (Å²) in [7, 11) is 1.54. The molecule has 1 N–H and O–H groups in total. The molecule has 2 heterocycles. The summed E-state index contributed by atoms with van der Waals surface area (Å²) in [5, 5.41) is 9.02. The normalized spacial score (nSPS) is 26.3. The summed E-state index contributed by atoms with van der Waals surface area (Å²) in [4.78, 5) is 36.2. The van der Waals surface area contributed by atoms with Crippen LogP contribution in [0.4, 0.5) is 0 Å².